The van der Waals surface area contributed by atoms with Crippen LogP contribution in [0.5, 0.6) is 0 Å². The zero-order valence-corrected chi connectivity index (χ0v) is 16.4. The molecule has 142 valence electrons. The maximum atomic E-state index is 12.4. The number of sulfonamides is 1. The Kier molecular flexibility index (Phi) is 6.37. The second-order valence-corrected chi connectivity index (χ2v) is 8.71. The van der Waals surface area contributed by atoms with Gasteiger partial charge in [-0.3, -0.25) is 4.79 Å². The quantitative estimate of drug-likeness (QED) is 0.765. The average molecular weight is 385 g/mol. The highest BCUT2D eigenvalue weighted by molar-refractivity contribution is 7.88. The van der Waals surface area contributed by atoms with Crippen LogP contribution in [0, 0.1) is 11.3 Å². The van der Waals surface area contributed by atoms with Crippen LogP contribution in [0.25, 0.3) is 0 Å². The van der Waals surface area contributed by atoms with Crippen molar-refractivity contribution in [2.45, 2.75) is 25.7 Å². The SMILES string of the molecule is CC(C)(C#N)c1ccc(NC(=O)c2ccc(CCNS(C)(=O)=O)cc2)cc1. The van der Waals surface area contributed by atoms with Crippen LogP contribution in [0.1, 0.15) is 35.3 Å². The Morgan fingerprint density at radius 2 is 1.67 bits per heavy atom. The van der Waals surface area contributed by atoms with E-state index in [0.29, 0.717) is 24.2 Å². The molecular formula is C20H23N3O3S. The van der Waals surface area contributed by atoms with Gasteiger partial charge in [0.15, 0.2) is 0 Å². The van der Waals surface area contributed by atoms with Gasteiger partial charge in [-0.25, -0.2) is 13.1 Å². The third-order valence-corrected chi connectivity index (χ3v) is 4.87. The Balaban J connectivity index is 1.97. The van der Waals surface area contributed by atoms with Crippen molar-refractivity contribution in [1.29, 1.82) is 5.26 Å². The van der Waals surface area contributed by atoms with E-state index in [2.05, 4.69) is 16.1 Å². The van der Waals surface area contributed by atoms with Crippen molar-refractivity contribution in [3.63, 3.8) is 0 Å². The lowest BCUT2D eigenvalue weighted by molar-refractivity contribution is 0.102. The van der Waals surface area contributed by atoms with Crippen LogP contribution >= 0.6 is 0 Å². The lowest BCUT2D eigenvalue weighted by Crippen LogP contribution is -2.24. The highest BCUT2D eigenvalue weighted by Gasteiger charge is 2.19. The molecule has 2 aromatic carbocycles. The molecule has 0 atom stereocenters. The van der Waals surface area contributed by atoms with Gasteiger partial charge in [-0.1, -0.05) is 24.3 Å². The fraction of sp³-hybridized carbons (Fsp3) is 0.300. The molecule has 0 saturated carbocycles. The minimum Gasteiger partial charge on any atom is -0.322 e. The van der Waals surface area contributed by atoms with E-state index in [-0.39, 0.29) is 5.91 Å². The molecule has 0 spiro atoms. The van der Waals surface area contributed by atoms with E-state index in [1.165, 1.54) is 0 Å². The summed E-state index contributed by atoms with van der Waals surface area (Å²) in [6.07, 6.45) is 1.67. The lowest BCUT2D eigenvalue weighted by atomic mass is 9.86. The summed E-state index contributed by atoms with van der Waals surface area (Å²) in [5.41, 5.74) is 2.40. The summed E-state index contributed by atoms with van der Waals surface area (Å²) in [6.45, 7) is 4.00. The van der Waals surface area contributed by atoms with Crippen molar-refractivity contribution in [2.75, 3.05) is 18.1 Å². The largest absolute Gasteiger partial charge is 0.322 e. The Labute approximate surface area is 160 Å². The second-order valence-electron chi connectivity index (χ2n) is 6.88. The number of nitriles is 1. The Morgan fingerprint density at radius 3 is 2.19 bits per heavy atom. The fourth-order valence-corrected chi connectivity index (χ4v) is 2.91. The van der Waals surface area contributed by atoms with E-state index in [4.69, 9.17) is 0 Å². The van der Waals surface area contributed by atoms with Gasteiger partial charge >= 0.3 is 0 Å². The summed E-state index contributed by atoms with van der Waals surface area (Å²) < 4.78 is 24.5. The molecule has 0 fully saturated rings. The number of hydrogen-bond donors (Lipinski definition) is 2. The third-order valence-electron chi connectivity index (χ3n) is 4.14. The first kappa shape index (κ1) is 20.6. The van der Waals surface area contributed by atoms with Gasteiger partial charge in [-0.05, 0) is 55.7 Å². The molecule has 0 aliphatic carbocycles. The first-order valence-corrected chi connectivity index (χ1v) is 10.4. The van der Waals surface area contributed by atoms with Gasteiger partial charge in [-0.15, -0.1) is 0 Å². The molecule has 0 bridgehead atoms. The van der Waals surface area contributed by atoms with Gasteiger partial charge in [0, 0.05) is 17.8 Å². The predicted octanol–water partition coefficient (Wildman–Crippen LogP) is 2.83. The summed E-state index contributed by atoms with van der Waals surface area (Å²) in [4.78, 5) is 12.4. The van der Waals surface area contributed by atoms with Crippen molar-refractivity contribution >= 4 is 21.6 Å². The average Bonchev–Trinajstić information content (AvgIpc) is 2.61. The molecule has 7 heteroatoms. The summed E-state index contributed by atoms with van der Waals surface area (Å²) >= 11 is 0. The minimum atomic E-state index is -3.20. The van der Waals surface area contributed by atoms with Crippen molar-refractivity contribution in [1.82, 2.24) is 4.72 Å². The van der Waals surface area contributed by atoms with Gasteiger partial charge < -0.3 is 5.32 Å². The first-order chi connectivity index (χ1) is 12.6. The van der Waals surface area contributed by atoms with E-state index in [1.807, 2.05) is 26.0 Å². The molecule has 2 aromatic rings. The van der Waals surface area contributed by atoms with E-state index < -0.39 is 15.4 Å². The Bertz CT molecular complexity index is 941. The number of hydrogen-bond acceptors (Lipinski definition) is 4. The van der Waals surface area contributed by atoms with Crippen LogP contribution in [0.2, 0.25) is 0 Å². The molecule has 0 heterocycles. The molecule has 0 radical (unpaired) electrons. The number of amides is 1. The highest BCUT2D eigenvalue weighted by Crippen LogP contribution is 2.23. The van der Waals surface area contributed by atoms with Crippen LogP contribution < -0.4 is 10.0 Å². The van der Waals surface area contributed by atoms with Crippen LogP contribution in [0.15, 0.2) is 48.5 Å². The van der Waals surface area contributed by atoms with Crippen LogP contribution in [0.3, 0.4) is 0 Å². The van der Waals surface area contributed by atoms with Gasteiger partial charge in [0.25, 0.3) is 5.91 Å². The smallest absolute Gasteiger partial charge is 0.255 e. The normalized spacial score (nSPS) is 11.6. The van der Waals surface area contributed by atoms with Crippen molar-refractivity contribution in [3.05, 3.63) is 65.2 Å². The van der Waals surface area contributed by atoms with Crippen LogP contribution in [0.4, 0.5) is 5.69 Å². The van der Waals surface area contributed by atoms with Gasteiger partial charge in [-0.2, -0.15) is 5.26 Å². The topological polar surface area (TPSA) is 99.1 Å². The molecule has 0 aliphatic heterocycles. The van der Waals surface area contributed by atoms with Crippen molar-refractivity contribution in [3.8, 4) is 6.07 Å². The molecule has 27 heavy (non-hydrogen) atoms. The maximum Gasteiger partial charge on any atom is 0.255 e. The summed E-state index contributed by atoms with van der Waals surface area (Å²) in [7, 11) is -3.20. The zero-order chi connectivity index (χ0) is 20.1. The zero-order valence-electron chi connectivity index (χ0n) is 15.6. The van der Waals surface area contributed by atoms with E-state index in [0.717, 1.165) is 17.4 Å². The molecule has 2 rings (SSSR count). The number of carbonyl (C=O) groups is 1. The van der Waals surface area contributed by atoms with Crippen molar-refractivity contribution in [2.24, 2.45) is 0 Å². The van der Waals surface area contributed by atoms with Gasteiger partial charge in [0.1, 0.15) is 0 Å². The monoisotopic (exact) mass is 385 g/mol. The van der Waals surface area contributed by atoms with E-state index in [9.17, 15) is 18.5 Å². The summed E-state index contributed by atoms with van der Waals surface area (Å²) in [5, 5.41) is 12.0. The van der Waals surface area contributed by atoms with Crippen molar-refractivity contribution < 1.29 is 13.2 Å². The number of benzene rings is 2. The van der Waals surface area contributed by atoms with Gasteiger partial charge in [0.05, 0.1) is 17.7 Å². The number of rotatable bonds is 7. The first-order valence-electron chi connectivity index (χ1n) is 8.47. The Morgan fingerprint density at radius 1 is 1.07 bits per heavy atom. The minimum absolute atomic E-state index is 0.233. The Hall–Kier alpha value is -2.69. The standard InChI is InChI=1S/C20H23N3O3S/c1-20(2,14-21)17-8-10-18(11-9-17)23-19(24)16-6-4-15(5-7-16)12-13-22-27(3,25)26/h4-11,22H,12-13H2,1-3H3,(H,23,24). The molecule has 0 unspecified atom stereocenters. The molecule has 0 aliphatic rings. The molecule has 0 saturated heterocycles. The fourth-order valence-electron chi connectivity index (χ4n) is 2.44. The molecule has 6 nitrogen and oxygen atoms in total. The number of nitrogens with zero attached hydrogens (tertiary/aromatic N) is 1. The van der Waals surface area contributed by atoms with Crippen LogP contribution in [-0.4, -0.2) is 27.1 Å². The maximum absolute atomic E-state index is 12.4. The number of anilines is 1. The van der Waals surface area contributed by atoms with E-state index in [1.54, 1.807) is 36.4 Å². The third kappa shape index (κ3) is 6.20. The van der Waals surface area contributed by atoms with Gasteiger partial charge in [0.2, 0.25) is 10.0 Å². The van der Waals surface area contributed by atoms with Crippen LogP contribution in [-0.2, 0) is 21.9 Å². The van der Waals surface area contributed by atoms with E-state index >= 15 is 0 Å². The summed E-state index contributed by atoms with van der Waals surface area (Å²) in [6, 6.07) is 16.5. The summed E-state index contributed by atoms with van der Waals surface area (Å²) in [5.74, 6) is -0.233. The second kappa shape index (κ2) is 8.33. The predicted molar refractivity (Wildman–Crippen MR) is 106 cm³/mol. The number of nitrogens with one attached hydrogen (secondary N) is 2. The lowest BCUT2D eigenvalue weighted by Gasteiger charge is -2.16. The molecular weight excluding hydrogens is 362 g/mol. The number of carbonyl (C=O) groups excluding carboxylic acids is 1. The molecule has 2 N–H and O–H groups in total. The highest BCUT2D eigenvalue weighted by atomic mass is 32.2. The molecule has 1 amide bonds. The molecule has 0 aromatic heterocycles.